The van der Waals surface area contributed by atoms with Crippen LogP contribution in [-0.2, 0) is 19.2 Å². The first kappa shape index (κ1) is 17.3. The van der Waals surface area contributed by atoms with Crippen molar-refractivity contribution in [2.75, 3.05) is 0 Å². The molecule has 0 aliphatic heterocycles. The predicted octanol–water partition coefficient (Wildman–Crippen LogP) is 5.02. The van der Waals surface area contributed by atoms with Gasteiger partial charge in [0, 0.05) is 0 Å². The van der Waals surface area contributed by atoms with Crippen molar-refractivity contribution in [3.8, 4) is 0 Å². The van der Waals surface area contributed by atoms with Gasteiger partial charge >= 0.3 is 102 Å². The van der Waals surface area contributed by atoms with Gasteiger partial charge in [0.1, 0.15) is 0 Å². The molecule has 0 aromatic carbocycles. The Labute approximate surface area is 126 Å². The molecule has 0 fully saturated rings. The summed E-state index contributed by atoms with van der Waals surface area (Å²) in [6.07, 6.45) is 8.32. The van der Waals surface area contributed by atoms with Crippen LogP contribution in [0.15, 0.2) is 42.7 Å². The minimum absolute atomic E-state index is 0. The van der Waals surface area contributed by atoms with Crippen molar-refractivity contribution in [1.29, 1.82) is 0 Å². The average molecular weight is 307 g/mol. The van der Waals surface area contributed by atoms with Gasteiger partial charge in [-0.05, 0) is 0 Å². The molecule has 17 heavy (non-hydrogen) atoms. The summed E-state index contributed by atoms with van der Waals surface area (Å²) in [7, 11) is 0. The van der Waals surface area contributed by atoms with Gasteiger partial charge < -0.3 is 0 Å². The second-order valence-electron chi connectivity index (χ2n) is 4.68. The van der Waals surface area contributed by atoms with Crippen molar-refractivity contribution in [3.63, 3.8) is 0 Å². The van der Waals surface area contributed by atoms with E-state index in [1.165, 1.54) is 17.6 Å². The van der Waals surface area contributed by atoms with Crippen LogP contribution >= 0.6 is 24.8 Å². The molecule has 3 heteroatoms. The van der Waals surface area contributed by atoms with Crippen molar-refractivity contribution < 1.29 is 19.2 Å². The molecule has 2 aliphatic rings. The van der Waals surface area contributed by atoms with Crippen molar-refractivity contribution in [1.82, 2.24) is 0 Å². The Morgan fingerprint density at radius 2 is 1.76 bits per heavy atom. The van der Waals surface area contributed by atoms with Gasteiger partial charge in [-0.15, -0.1) is 24.8 Å². The molecular formula is C14H20Cl2Ti. The monoisotopic (exact) mass is 306 g/mol. The molecule has 0 spiro atoms. The first-order valence-electron chi connectivity index (χ1n) is 5.61. The van der Waals surface area contributed by atoms with Gasteiger partial charge in [-0.2, -0.15) is 0 Å². The standard InChI is InChI=1S/2C7H9.2ClH.Ti/c1-6-3-4-7(2)5-6;1-6-4-3-5-7(6)2;;;/h3-4,6H,1-2H3;4H,5H2,1-2H3;2*1H;. The molecule has 0 N–H and O–H groups in total. The number of hydrogen-bond acceptors (Lipinski definition) is 0. The predicted molar refractivity (Wildman–Crippen MR) is 76.6 cm³/mol. The summed E-state index contributed by atoms with van der Waals surface area (Å²) in [5, 5.41) is 0. The Balaban J connectivity index is 0.00000128. The van der Waals surface area contributed by atoms with Crippen LogP contribution in [0.2, 0.25) is 0 Å². The van der Waals surface area contributed by atoms with E-state index in [1.807, 2.05) is 0 Å². The van der Waals surface area contributed by atoms with Crippen LogP contribution in [0.1, 0.15) is 34.1 Å². The molecule has 1 unspecified atom stereocenters. The maximum Gasteiger partial charge on any atom is -0.147 e. The number of rotatable bonds is 2. The van der Waals surface area contributed by atoms with Crippen LogP contribution in [0.3, 0.4) is 0 Å². The fourth-order valence-corrected chi connectivity index (χ4v) is 4.65. The van der Waals surface area contributed by atoms with E-state index in [9.17, 15) is 0 Å². The fraction of sp³-hybridized carbons (Fsp3) is 0.429. The average Bonchev–Trinajstić information content (AvgIpc) is 2.64. The van der Waals surface area contributed by atoms with Gasteiger partial charge in [-0.1, -0.05) is 0 Å². The third-order valence-electron chi connectivity index (χ3n) is 3.33. The van der Waals surface area contributed by atoms with E-state index in [0.29, 0.717) is 5.92 Å². The van der Waals surface area contributed by atoms with Crippen LogP contribution in [0, 0.1) is 5.92 Å². The summed E-state index contributed by atoms with van der Waals surface area (Å²) in [6.45, 7) is 9.10. The second kappa shape index (κ2) is 6.99. The summed E-state index contributed by atoms with van der Waals surface area (Å²) < 4.78 is 3.46. The molecule has 0 heterocycles. The Morgan fingerprint density at radius 3 is 2.18 bits per heavy atom. The Hall–Kier alpha value is 0.254. The van der Waals surface area contributed by atoms with E-state index in [-0.39, 0.29) is 44.0 Å². The summed E-state index contributed by atoms with van der Waals surface area (Å²) in [5.74, 6) is 0.701. The molecule has 2 rings (SSSR count). The molecule has 2 aliphatic carbocycles. The van der Waals surface area contributed by atoms with Crippen LogP contribution in [0.4, 0.5) is 0 Å². The zero-order valence-electron chi connectivity index (χ0n) is 10.8. The molecule has 1 atom stereocenters. The van der Waals surface area contributed by atoms with Gasteiger partial charge in [0.25, 0.3) is 0 Å². The van der Waals surface area contributed by atoms with E-state index >= 15 is 0 Å². The van der Waals surface area contributed by atoms with Crippen LogP contribution in [0.5, 0.6) is 0 Å². The van der Waals surface area contributed by atoms with Crippen LogP contribution < -0.4 is 0 Å². The molecule has 0 aromatic rings. The van der Waals surface area contributed by atoms with Crippen molar-refractivity contribution in [3.05, 3.63) is 42.7 Å². The molecule has 0 amide bonds. The number of allylic oxidation sites excluding steroid dienone is 8. The van der Waals surface area contributed by atoms with E-state index in [4.69, 9.17) is 0 Å². The first-order valence-corrected chi connectivity index (χ1v) is 7.17. The third kappa shape index (κ3) is 3.86. The van der Waals surface area contributed by atoms with Gasteiger partial charge in [0.05, 0.1) is 0 Å². The zero-order chi connectivity index (χ0) is 11.0. The molecule has 0 nitrogen and oxygen atoms in total. The molecule has 0 radical (unpaired) electrons. The van der Waals surface area contributed by atoms with Crippen molar-refractivity contribution in [2.45, 2.75) is 34.1 Å². The van der Waals surface area contributed by atoms with E-state index < -0.39 is 0 Å². The van der Waals surface area contributed by atoms with Gasteiger partial charge in [0.15, 0.2) is 0 Å². The molecule has 94 valence electrons. The molecule has 0 saturated carbocycles. The molecule has 0 saturated heterocycles. The smallest absolute Gasteiger partial charge is 0.147 e. The van der Waals surface area contributed by atoms with E-state index in [0.717, 1.165) is 0 Å². The van der Waals surface area contributed by atoms with E-state index in [1.54, 1.807) is 13.3 Å². The normalized spacial score (nSPS) is 22.4. The largest absolute Gasteiger partial charge is 0.147 e. The van der Waals surface area contributed by atoms with Crippen molar-refractivity contribution in [2.24, 2.45) is 5.92 Å². The maximum atomic E-state index is 2.43. The SMILES string of the molecule is CC1=C(C)C[C]([Ti][C]2=C(C)C=CC2C)=C1.Cl.Cl. The number of halogens is 2. The van der Waals surface area contributed by atoms with Gasteiger partial charge in [0.2, 0.25) is 0 Å². The minimum Gasteiger partial charge on any atom is -0.147 e. The summed E-state index contributed by atoms with van der Waals surface area (Å²) in [4.78, 5) is 0. The van der Waals surface area contributed by atoms with E-state index in [2.05, 4.69) is 45.9 Å². The molecule has 0 bridgehead atoms. The van der Waals surface area contributed by atoms with Gasteiger partial charge in [-0.3, -0.25) is 0 Å². The molecule has 0 aromatic heterocycles. The summed E-state index contributed by atoms with van der Waals surface area (Å²) >= 11 is -0.0244. The summed E-state index contributed by atoms with van der Waals surface area (Å²) in [5.41, 5.74) is 4.61. The Morgan fingerprint density at radius 1 is 1.12 bits per heavy atom. The van der Waals surface area contributed by atoms with Crippen molar-refractivity contribution >= 4 is 24.8 Å². The van der Waals surface area contributed by atoms with Crippen LogP contribution in [-0.4, -0.2) is 0 Å². The molecular weight excluding hydrogens is 287 g/mol. The second-order valence-corrected chi connectivity index (χ2v) is 6.91. The topological polar surface area (TPSA) is 0 Å². The third-order valence-corrected chi connectivity index (χ3v) is 6.08. The minimum atomic E-state index is -0.0244. The Bertz CT molecular complexity index is 414. The van der Waals surface area contributed by atoms with Gasteiger partial charge in [-0.25, -0.2) is 0 Å². The fourth-order valence-electron chi connectivity index (χ4n) is 2.16. The van der Waals surface area contributed by atoms with Crippen LogP contribution in [0.25, 0.3) is 0 Å². The zero-order valence-corrected chi connectivity index (χ0v) is 14.0. The Kier molecular flexibility index (Phi) is 7.10. The quantitative estimate of drug-likeness (QED) is 0.629. The first-order chi connectivity index (χ1) is 7.08. The summed E-state index contributed by atoms with van der Waals surface area (Å²) in [6, 6.07) is 0. The maximum absolute atomic E-state index is 2.43. The number of hydrogen-bond donors (Lipinski definition) is 0.